The van der Waals surface area contributed by atoms with Gasteiger partial charge in [0.05, 0.1) is 34.3 Å². The standard InChI is InChI=1S/C26H50O2.C9H18N2O.ClH/c1-4-5-6-7-8-9-10-11-12-13-14-15-16-17-18-19-20-21-22-23-24-28-26(27)25(2)3;1-5-9(12)10-7-6-8-11(2,3)4;/h2,4-24H2,1,3H3;5H,1,6-8H2,2-4H3;1H. The smallest absolute Gasteiger partial charge is 0.333 e. The molecule has 0 spiro atoms. The minimum absolute atomic E-state index is 0. The van der Waals surface area contributed by atoms with Crippen LogP contribution in [0.25, 0.3) is 0 Å². The third-order valence-electron chi connectivity index (χ3n) is 7.07. The van der Waals surface area contributed by atoms with Crippen molar-refractivity contribution < 1.29 is 31.2 Å². The summed E-state index contributed by atoms with van der Waals surface area (Å²) >= 11 is 0. The molecule has 0 fully saturated rings. The number of carbonyl (C=O) groups excluding carboxylic acids is 2. The van der Waals surface area contributed by atoms with Gasteiger partial charge in [-0.2, -0.15) is 0 Å². The fraction of sp³-hybridized carbons (Fsp3) is 0.829. The Morgan fingerprint density at radius 3 is 1.37 bits per heavy atom. The molecule has 0 aromatic carbocycles. The van der Waals surface area contributed by atoms with Crippen molar-refractivity contribution in [1.29, 1.82) is 0 Å². The molecule has 244 valence electrons. The molecule has 0 bridgehead atoms. The molecule has 41 heavy (non-hydrogen) atoms. The van der Waals surface area contributed by atoms with E-state index in [1.165, 1.54) is 128 Å². The Balaban J connectivity index is -0.000000933. The van der Waals surface area contributed by atoms with Crippen molar-refractivity contribution in [2.45, 2.75) is 149 Å². The molecule has 0 saturated heterocycles. The SMILES string of the molecule is C=C(C)C(=O)OCCCCCCCCCCCCCCCCCCCCCC.C=CC(=O)NCCC[N+](C)(C)C.[Cl-]. The Morgan fingerprint density at radius 1 is 0.683 bits per heavy atom. The van der Waals surface area contributed by atoms with Crippen LogP contribution in [-0.4, -0.2) is 57.2 Å². The van der Waals surface area contributed by atoms with Crippen LogP contribution in [0, 0.1) is 0 Å². The minimum Gasteiger partial charge on any atom is -1.00 e. The molecular weight excluding hydrogens is 532 g/mol. The Kier molecular flexibility index (Phi) is 35.7. The van der Waals surface area contributed by atoms with E-state index in [0.29, 0.717) is 12.2 Å². The largest absolute Gasteiger partial charge is 1.00 e. The normalized spacial score (nSPS) is 10.7. The van der Waals surface area contributed by atoms with E-state index in [2.05, 4.69) is 46.5 Å². The van der Waals surface area contributed by atoms with Crippen LogP contribution in [-0.2, 0) is 14.3 Å². The number of hydrogen-bond donors (Lipinski definition) is 1. The minimum atomic E-state index is -0.252. The summed E-state index contributed by atoms with van der Waals surface area (Å²) in [5.41, 5.74) is 0.494. The van der Waals surface area contributed by atoms with E-state index in [4.69, 9.17) is 4.74 Å². The summed E-state index contributed by atoms with van der Waals surface area (Å²) in [5.74, 6) is -0.339. The third kappa shape index (κ3) is 40.9. The van der Waals surface area contributed by atoms with Crippen molar-refractivity contribution in [2.24, 2.45) is 0 Å². The number of rotatable bonds is 27. The van der Waals surface area contributed by atoms with E-state index >= 15 is 0 Å². The van der Waals surface area contributed by atoms with E-state index in [1.807, 2.05) is 0 Å². The number of nitrogens with one attached hydrogen (secondary N) is 1. The zero-order valence-electron chi connectivity index (χ0n) is 28.0. The van der Waals surface area contributed by atoms with Gasteiger partial charge >= 0.3 is 5.97 Å². The number of esters is 1. The molecule has 0 saturated carbocycles. The molecule has 6 heteroatoms. The lowest BCUT2D eigenvalue weighted by Crippen LogP contribution is -3.00. The van der Waals surface area contributed by atoms with Crippen molar-refractivity contribution in [2.75, 3.05) is 40.8 Å². The van der Waals surface area contributed by atoms with Gasteiger partial charge in [0, 0.05) is 18.5 Å². The van der Waals surface area contributed by atoms with Crippen LogP contribution in [0.5, 0.6) is 0 Å². The van der Waals surface area contributed by atoms with Gasteiger partial charge in [0.25, 0.3) is 0 Å². The fourth-order valence-corrected chi connectivity index (χ4v) is 4.48. The summed E-state index contributed by atoms with van der Waals surface area (Å²) in [7, 11) is 6.40. The highest BCUT2D eigenvalue weighted by atomic mass is 35.5. The Hall–Kier alpha value is -1.33. The Bertz CT molecular complexity index is 617. The molecule has 0 atom stereocenters. The molecule has 0 aliphatic heterocycles. The monoisotopic (exact) mass is 600 g/mol. The maximum absolute atomic E-state index is 11.2. The van der Waals surface area contributed by atoms with Crippen LogP contribution in [0.15, 0.2) is 24.8 Å². The van der Waals surface area contributed by atoms with Crippen molar-refractivity contribution in [1.82, 2.24) is 5.32 Å². The Morgan fingerprint density at radius 2 is 1.05 bits per heavy atom. The highest BCUT2D eigenvalue weighted by molar-refractivity contribution is 5.87. The Labute approximate surface area is 262 Å². The highest BCUT2D eigenvalue weighted by Crippen LogP contribution is 2.14. The molecular formula is C35H69ClN2O3. The lowest BCUT2D eigenvalue weighted by Gasteiger charge is -2.23. The summed E-state index contributed by atoms with van der Waals surface area (Å²) in [6.07, 6.45) is 30.0. The third-order valence-corrected chi connectivity index (χ3v) is 7.07. The zero-order chi connectivity index (χ0) is 30.3. The quantitative estimate of drug-likeness (QED) is 0.0520. The van der Waals surface area contributed by atoms with Gasteiger partial charge in [0.2, 0.25) is 5.91 Å². The number of hydrogen-bond acceptors (Lipinski definition) is 3. The molecule has 0 radical (unpaired) electrons. The molecule has 0 aromatic rings. The number of nitrogens with zero attached hydrogens (tertiary/aromatic N) is 1. The molecule has 5 nitrogen and oxygen atoms in total. The number of halogens is 1. The number of carbonyl (C=O) groups is 2. The van der Waals surface area contributed by atoms with Gasteiger partial charge in [-0.05, 0) is 19.4 Å². The van der Waals surface area contributed by atoms with E-state index in [1.54, 1.807) is 6.92 Å². The first-order valence-electron chi connectivity index (χ1n) is 16.7. The molecule has 0 aliphatic rings. The lowest BCUT2D eigenvalue weighted by molar-refractivity contribution is -0.870. The summed E-state index contributed by atoms with van der Waals surface area (Å²) < 4.78 is 6.04. The van der Waals surface area contributed by atoms with E-state index in [9.17, 15) is 9.59 Å². The highest BCUT2D eigenvalue weighted by Gasteiger charge is 2.05. The van der Waals surface area contributed by atoms with Gasteiger partial charge in [0.1, 0.15) is 0 Å². The van der Waals surface area contributed by atoms with Crippen LogP contribution in [0.3, 0.4) is 0 Å². The second-order valence-electron chi connectivity index (χ2n) is 12.5. The molecule has 1 N–H and O–H groups in total. The summed E-state index contributed by atoms with van der Waals surface area (Å²) in [6, 6.07) is 0. The number of ether oxygens (including phenoxy) is 1. The maximum Gasteiger partial charge on any atom is 0.333 e. The first kappa shape index (κ1) is 44.1. The average Bonchev–Trinajstić information content (AvgIpc) is 2.91. The molecule has 0 aromatic heterocycles. The lowest BCUT2D eigenvalue weighted by atomic mass is 10.0. The maximum atomic E-state index is 11.2. The van der Waals surface area contributed by atoms with E-state index in [-0.39, 0.29) is 24.3 Å². The second-order valence-corrected chi connectivity index (χ2v) is 12.5. The van der Waals surface area contributed by atoms with Crippen LogP contribution in [0.1, 0.15) is 149 Å². The summed E-state index contributed by atoms with van der Waals surface area (Å²) in [6.45, 7) is 13.3. The molecule has 1 amide bonds. The van der Waals surface area contributed by atoms with Crippen LogP contribution >= 0.6 is 0 Å². The first-order chi connectivity index (χ1) is 19.1. The summed E-state index contributed by atoms with van der Waals surface area (Å²) in [4.78, 5) is 21.9. The average molecular weight is 601 g/mol. The van der Waals surface area contributed by atoms with Crippen LogP contribution < -0.4 is 17.7 Å². The summed E-state index contributed by atoms with van der Waals surface area (Å²) in [5, 5.41) is 2.74. The van der Waals surface area contributed by atoms with Crippen molar-refractivity contribution >= 4 is 11.9 Å². The molecule has 0 heterocycles. The van der Waals surface area contributed by atoms with Crippen molar-refractivity contribution in [3.8, 4) is 0 Å². The van der Waals surface area contributed by atoms with E-state index < -0.39 is 0 Å². The van der Waals surface area contributed by atoms with E-state index in [0.717, 1.165) is 30.4 Å². The van der Waals surface area contributed by atoms with Crippen LogP contribution in [0.2, 0.25) is 0 Å². The number of amides is 1. The van der Waals surface area contributed by atoms with Gasteiger partial charge in [-0.15, -0.1) is 0 Å². The van der Waals surface area contributed by atoms with Gasteiger partial charge in [0.15, 0.2) is 0 Å². The fourth-order valence-electron chi connectivity index (χ4n) is 4.48. The molecule has 0 aliphatic carbocycles. The number of unbranched alkanes of at least 4 members (excludes halogenated alkanes) is 19. The van der Waals surface area contributed by atoms with Gasteiger partial charge in [-0.25, -0.2) is 4.79 Å². The second kappa shape index (κ2) is 33.2. The topological polar surface area (TPSA) is 55.4 Å². The van der Waals surface area contributed by atoms with Crippen molar-refractivity contribution in [3.05, 3.63) is 24.8 Å². The zero-order valence-corrected chi connectivity index (χ0v) is 28.8. The molecule has 0 rings (SSSR count). The number of quaternary nitrogens is 1. The predicted molar refractivity (Wildman–Crippen MR) is 175 cm³/mol. The van der Waals surface area contributed by atoms with Gasteiger partial charge < -0.3 is 26.9 Å². The van der Waals surface area contributed by atoms with Crippen molar-refractivity contribution in [3.63, 3.8) is 0 Å². The predicted octanol–water partition coefficient (Wildman–Crippen LogP) is 6.32. The van der Waals surface area contributed by atoms with Gasteiger partial charge in [-0.3, -0.25) is 4.79 Å². The molecule has 0 unspecified atom stereocenters. The van der Waals surface area contributed by atoms with Crippen LogP contribution in [0.4, 0.5) is 0 Å². The first-order valence-corrected chi connectivity index (χ1v) is 16.7. The van der Waals surface area contributed by atoms with Gasteiger partial charge in [-0.1, -0.05) is 142 Å².